The summed E-state index contributed by atoms with van der Waals surface area (Å²) in [6.45, 7) is 1.03. The molecule has 0 spiro atoms. The molecule has 7 saturated carbocycles. The van der Waals surface area contributed by atoms with Crippen LogP contribution in [0.3, 0.4) is 0 Å². The highest BCUT2D eigenvalue weighted by molar-refractivity contribution is 5.20. The second-order valence-electron chi connectivity index (χ2n) is 22.9. The summed E-state index contributed by atoms with van der Waals surface area (Å²) in [6.07, 6.45) is 28.2. The van der Waals surface area contributed by atoms with E-state index in [4.69, 9.17) is 0 Å². The first-order valence-electron chi connectivity index (χ1n) is 26.2. The molecule has 9 nitrogen and oxygen atoms in total. The number of nitriles is 6. The first-order chi connectivity index (χ1) is 30.5. The molecule has 330 valence electrons. The van der Waals surface area contributed by atoms with Crippen LogP contribution < -0.4 is 5.32 Å². The van der Waals surface area contributed by atoms with Gasteiger partial charge in [0.25, 0.3) is 0 Å². The van der Waals surface area contributed by atoms with Gasteiger partial charge in [0.1, 0.15) is 0 Å². The number of nitrogens with one attached hydrogen (secondary N) is 1. The van der Waals surface area contributed by atoms with Crippen molar-refractivity contribution in [2.75, 3.05) is 6.54 Å². The van der Waals surface area contributed by atoms with Gasteiger partial charge in [0, 0.05) is 42.0 Å². The third-order valence-electron chi connectivity index (χ3n) is 20.6. The largest absolute Gasteiger partial charge is 0.301 e. The maximum absolute atomic E-state index is 11.1. The first-order valence-corrected chi connectivity index (χ1v) is 26.2. The summed E-state index contributed by atoms with van der Waals surface area (Å²) in [5, 5.41) is 69.2. The third-order valence-corrected chi connectivity index (χ3v) is 20.6. The van der Waals surface area contributed by atoms with E-state index in [1.54, 1.807) is 0 Å². The Kier molecular flexibility index (Phi) is 12.7. The molecule has 0 aromatic heterocycles. The summed E-state index contributed by atoms with van der Waals surface area (Å²) >= 11 is 0. The normalized spacial score (nSPS) is 49.7. The Morgan fingerprint density at radius 3 is 1.35 bits per heavy atom. The third kappa shape index (κ3) is 7.29. The van der Waals surface area contributed by atoms with Crippen molar-refractivity contribution in [3.63, 3.8) is 0 Å². The van der Waals surface area contributed by atoms with E-state index in [1.165, 1.54) is 122 Å². The molecule has 10 aliphatic rings. The molecule has 0 aromatic rings. The molecule has 9 heteroatoms. The highest BCUT2D eigenvalue weighted by atomic mass is 15.3. The maximum atomic E-state index is 11.1. The van der Waals surface area contributed by atoms with E-state index in [2.05, 4.69) is 51.5 Å². The lowest BCUT2D eigenvalue weighted by Gasteiger charge is -2.59. The van der Waals surface area contributed by atoms with Crippen molar-refractivity contribution in [2.24, 2.45) is 94.7 Å². The molecule has 10 fully saturated rings. The summed E-state index contributed by atoms with van der Waals surface area (Å²) in [5.41, 5.74) is 0. The van der Waals surface area contributed by atoms with Crippen molar-refractivity contribution in [1.29, 1.82) is 31.6 Å². The van der Waals surface area contributed by atoms with E-state index < -0.39 is 23.7 Å². The number of fused-ring (bicyclic) bond motifs is 6. The highest BCUT2D eigenvalue weighted by Gasteiger charge is 2.66. The Morgan fingerprint density at radius 2 is 0.855 bits per heavy atom. The van der Waals surface area contributed by atoms with Crippen LogP contribution in [-0.2, 0) is 0 Å². The van der Waals surface area contributed by atoms with Crippen molar-refractivity contribution in [3.8, 4) is 36.4 Å². The van der Waals surface area contributed by atoms with E-state index in [0.717, 1.165) is 36.9 Å². The highest BCUT2D eigenvalue weighted by Crippen LogP contribution is 2.65. The number of rotatable bonds is 5. The fourth-order valence-corrected chi connectivity index (χ4v) is 18.6. The minimum absolute atomic E-state index is 0.00780. The zero-order valence-corrected chi connectivity index (χ0v) is 37.5. The van der Waals surface area contributed by atoms with Crippen LogP contribution in [0.25, 0.3) is 0 Å². The second-order valence-corrected chi connectivity index (χ2v) is 22.9. The van der Waals surface area contributed by atoms with Gasteiger partial charge in [0.15, 0.2) is 0 Å². The predicted octanol–water partition coefficient (Wildman–Crippen LogP) is 9.85. The Balaban J connectivity index is 1.06. The Morgan fingerprint density at radius 1 is 0.371 bits per heavy atom. The smallest absolute Gasteiger partial charge is 0.0659 e. The second kappa shape index (κ2) is 18.4. The minimum Gasteiger partial charge on any atom is -0.301 e. The zero-order chi connectivity index (χ0) is 42.5. The molecule has 3 aliphatic heterocycles. The minimum atomic E-state index is -0.403. The first kappa shape index (κ1) is 42.8. The van der Waals surface area contributed by atoms with Gasteiger partial charge < -0.3 is 5.32 Å². The van der Waals surface area contributed by atoms with Gasteiger partial charge in [0.05, 0.1) is 66.3 Å². The zero-order valence-electron chi connectivity index (χ0n) is 37.5. The Labute approximate surface area is 373 Å². The van der Waals surface area contributed by atoms with Gasteiger partial charge in [0.2, 0.25) is 0 Å². The van der Waals surface area contributed by atoms with Crippen LogP contribution in [-0.4, -0.2) is 52.7 Å². The molecule has 7 aliphatic carbocycles. The van der Waals surface area contributed by atoms with Gasteiger partial charge in [-0.3, -0.25) is 9.80 Å². The van der Waals surface area contributed by atoms with E-state index in [0.29, 0.717) is 67.6 Å². The van der Waals surface area contributed by atoms with E-state index in [-0.39, 0.29) is 41.5 Å². The lowest BCUT2D eigenvalue weighted by atomic mass is 9.47. The summed E-state index contributed by atoms with van der Waals surface area (Å²) < 4.78 is 0. The molecule has 0 aromatic carbocycles. The molecule has 10 rings (SSSR count). The van der Waals surface area contributed by atoms with Gasteiger partial charge in [-0.2, -0.15) is 31.6 Å². The summed E-state index contributed by atoms with van der Waals surface area (Å²) in [6, 6.07) is 18.6. The monoisotopic (exact) mass is 836 g/mol. The molecule has 62 heavy (non-hydrogen) atoms. The number of likely N-dealkylation sites (tertiary alicyclic amines) is 2. The molecule has 0 amide bonds. The van der Waals surface area contributed by atoms with E-state index in [9.17, 15) is 31.6 Å². The molecule has 3 heterocycles. The number of hydrogen-bond acceptors (Lipinski definition) is 9. The lowest BCUT2D eigenvalue weighted by Crippen LogP contribution is -2.62. The molecular formula is C53H73N9. The van der Waals surface area contributed by atoms with Gasteiger partial charge in [-0.1, -0.05) is 57.8 Å². The predicted molar refractivity (Wildman–Crippen MR) is 235 cm³/mol. The molecular weight excluding hydrogens is 763 g/mol. The van der Waals surface area contributed by atoms with Gasteiger partial charge in [-0.05, 0) is 162 Å². The van der Waals surface area contributed by atoms with Crippen LogP contribution in [0.15, 0.2) is 0 Å². The van der Waals surface area contributed by atoms with E-state index >= 15 is 0 Å². The average molecular weight is 836 g/mol. The number of nitrogens with zero attached hydrogens (tertiary/aromatic N) is 8. The van der Waals surface area contributed by atoms with Crippen molar-refractivity contribution in [1.82, 2.24) is 15.1 Å². The van der Waals surface area contributed by atoms with Crippen LogP contribution in [0.5, 0.6) is 0 Å². The van der Waals surface area contributed by atoms with Gasteiger partial charge in [-0.25, -0.2) is 0 Å². The van der Waals surface area contributed by atoms with E-state index in [1.807, 2.05) is 0 Å². The van der Waals surface area contributed by atoms with Gasteiger partial charge >= 0.3 is 0 Å². The average Bonchev–Trinajstić information content (AvgIpc) is 3.86. The van der Waals surface area contributed by atoms with Crippen LogP contribution in [0, 0.1) is 163 Å². The standard InChI is InChI=1S/C53H73N9/c54-25-32-20-35(27-56)49(36(21-32)28-57)44-24-43(34-18-19-48(60-31-34)62-45-15-7-4-12-40(45)41-13-5-8-16-46(41)62)51-42-14-6-9-17-47(42)61(39-10-2-1-3-11-39)53(51)52(44)50-37(29-58)22-33(26-55)23-38(50)30-59/h32-53,60H,1-24,31H2. The quantitative estimate of drug-likeness (QED) is 0.284. The molecule has 17 unspecified atom stereocenters. The van der Waals surface area contributed by atoms with Crippen molar-refractivity contribution in [3.05, 3.63) is 0 Å². The molecule has 0 bridgehead atoms. The Hall–Kier alpha value is -3.18. The van der Waals surface area contributed by atoms with Crippen LogP contribution in [0.2, 0.25) is 0 Å². The van der Waals surface area contributed by atoms with Crippen molar-refractivity contribution < 1.29 is 0 Å². The summed E-state index contributed by atoms with van der Waals surface area (Å²) in [4.78, 5) is 6.12. The summed E-state index contributed by atoms with van der Waals surface area (Å²) in [7, 11) is 0. The fourth-order valence-electron chi connectivity index (χ4n) is 18.6. The topological polar surface area (TPSA) is 161 Å². The van der Waals surface area contributed by atoms with Gasteiger partial charge in [-0.15, -0.1) is 0 Å². The van der Waals surface area contributed by atoms with Crippen LogP contribution in [0.1, 0.15) is 154 Å². The number of hydrogen-bond donors (Lipinski definition) is 1. The fraction of sp³-hybridized carbons (Fsp3) is 0.887. The maximum Gasteiger partial charge on any atom is 0.0659 e. The molecule has 17 atom stereocenters. The van der Waals surface area contributed by atoms with Crippen molar-refractivity contribution in [2.45, 2.75) is 190 Å². The lowest BCUT2D eigenvalue weighted by molar-refractivity contribution is -0.101. The molecule has 1 N–H and O–H groups in total. The van der Waals surface area contributed by atoms with Crippen molar-refractivity contribution >= 4 is 0 Å². The number of piperidine rings is 1. The van der Waals surface area contributed by atoms with Crippen LogP contribution >= 0.6 is 0 Å². The molecule has 0 radical (unpaired) electrons. The summed E-state index contributed by atoms with van der Waals surface area (Å²) in [5.74, 6) is 1.20. The Bertz CT molecular complexity index is 1790. The SMILES string of the molecule is N#CC1CC(C#N)C(C2CC(C3CCC(N4C5CCCCC5C5CCCCC54)NC3)C3C4CCCCC4N(C4CCCCC4)C3C2C2C(C#N)CC(C#N)CC2C#N)C(C#N)C1. The molecule has 3 saturated heterocycles. The van der Waals surface area contributed by atoms with Crippen LogP contribution in [0.4, 0.5) is 0 Å².